The summed E-state index contributed by atoms with van der Waals surface area (Å²) < 4.78 is 5.36. The van der Waals surface area contributed by atoms with Crippen LogP contribution in [0.3, 0.4) is 0 Å². The average Bonchev–Trinajstić information content (AvgIpc) is 2.57. The van der Waals surface area contributed by atoms with E-state index in [9.17, 15) is 10.1 Å². The van der Waals surface area contributed by atoms with E-state index in [1.807, 2.05) is 20.8 Å². The monoisotopic (exact) mass is 320 g/mol. The second kappa shape index (κ2) is 6.70. The number of aryl methyl sites for hydroxylation is 1. The van der Waals surface area contributed by atoms with E-state index in [0.29, 0.717) is 22.9 Å². The van der Waals surface area contributed by atoms with Crippen LogP contribution in [0.25, 0.3) is 0 Å². The molecule has 2 N–H and O–H groups in total. The van der Waals surface area contributed by atoms with Gasteiger partial charge in [-0.15, -0.1) is 11.3 Å². The Hall–Kier alpha value is -1.54. The minimum atomic E-state index is -0.413. The van der Waals surface area contributed by atoms with Crippen LogP contribution in [0.4, 0.5) is 5.00 Å². The minimum absolute atomic E-state index is 0.117. The van der Waals surface area contributed by atoms with Gasteiger partial charge in [0.15, 0.2) is 0 Å². The van der Waals surface area contributed by atoms with Crippen LogP contribution < -0.4 is 5.73 Å². The number of esters is 1. The molecule has 5 heteroatoms. The molecule has 0 aromatic carbocycles. The summed E-state index contributed by atoms with van der Waals surface area (Å²) in [5.41, 5.74) is 7.31. The van der Waals surface area contributed by atoms with Crippen molar-refractivity contribution in [2.45, 2.75) is 64.9 Å². The highest BCUT2D eigenvalue weighted by Crippen LogP contribution is 2.37. The van der Waals surface area contributed by atoms with E-state index in [-0.39, 0.29) is 5.97 Å². The smallest absolute Gasteiger partial charge is 0.306 e. The van der Waals surface area contributed by atoms with Crippen molar-refractivity contribution in [1.82, 2.24) is 0 Å². The lowest BCUT2D eigenvalue weighted by molar-refractivity contribution is -0.155. The van der Waals surface area contributed by atoms with E-state index in [4.69, 9.17) is 10.5 Å². The fraction of sp³-hybridized carbons (Fsp3) is 0.647. The summed E-state index contributed by atoms with van der Waals surface area (Å²) in [6.45, 7) is 5.67. The van der Waals surface area contributed by atoms with Crippen molar-refractivity contribution in [2.75, 3.05) is 5.73 Å². The number of thiophene rings is 1. The summed E-state index contributed by atoms with van der Waals surface area (Å²) in [7, 11) is 0. The van der Waals surface area contributed by atoms with Gasteiger partial charge in [-0.25, -0.2) is 0 Å². The van der Waals surface area contributed by atoms with Crippen molar-refractivity contribution in [3.05, 3.63) is 16.0 Å². The SMILES string of the molecule is CC(C)(C)OC(=O)CCC1CCc2sc(N)c(C#N)c2CC1. The van der Waals surface area contributed by atoms with Crippen molar-refractivity contribution >= 4 is 22.3 Å². The highest BCUT2D eigenvalue weighted by atomic mass is 32.1. The lowest BCUT2D eigenvalue weighted by Crippen LogP contribution is -2.24. The number of anilines is 1. The molecule has 1 aliphatic rings. The first-order chi connectivity index (χ1) is 10.3. The molecule has 1 aromatic heterocycles. The molecule has 0 radical (unpaired) electrons. The Labute approximate surface area is 136 Å². The number of fused-ring (bicyclic) bond motifs is 1. The van der Waals surface area contributed by atoms with Crippen LogP contribution in [-0.4, -0.2) is 11.6 Å². The third-order valence-corrected chi connectivity index (χ3v) is 5.11. The molecule has 1 heterocycles. The lowest BCUT2D eigenvalue weighted by Gasteiger charge is -2.20. The number of nitriles is 1. The van der Waals surface area contributed by atoms with Gasteiger partial charge in [0.25, 0.3) is 0 Å². The van der Waals surface area contributed by atoms with Gasteiger partial charge >= 0.3 is 5.97 Å². The van der Waals surface area contributed by atoms with Crippen molar-refractivity contribution in [2.24, 2.45) is 5.92 Å². The molecule has 0 spiro atoms. The summed E-state index contributed by atoms with van der Waals surface area (Å²) in [4.78, 5) is 13.1. The van der Waals surface area contributed by atoms with Crippen LogP contribution in [0.1, 0.15) is 62.5 Å². The largest absolute Gasteiger partial charge is 0.460 e. The molecule has 0 saturated carbocycles. The van der Waals surface area contributed by atoms with Gasteiger partial charge in [-0.1, -0.05) is 0 Å². The number of nitrogen functional groups attached to an aromatic ring is 1. The molecule has 120 valence electrons. The Morgan fingerprint density at radius 3 is 2.73 bits per heavy atom. The topological polar surface area (TPSA) is 76.1 Å². The molecule has 0 bridgehead atoms. The highest BCUT2D eigenvalue weighted by Gasteiger charge is 2.24. The number of carbonyl (C=O) groups is 1. The van der Waals surface area contributed by atoms with E-state index in [1.54, 1.807) is 11.3 Å². The maximum Gasteiger partial charge on any atom is 0.306 e. The zero-order valence-electron chi connectivity index (χ0n) is 13.6. The standard InChI is InChI=1S/C17H24N2O2S/c1-17(2,3)21-15(20)9-6-11-4-7-12-13(10-18)16(19)22-14(12)8-5-11/h11H,4-9,19H2,1-3H3. The van der Waals surface area contributed by atoms with Crippen LogP contribution in [-0.2, 0) is 22.4 Å². The molecular weight excluding hydrogens is 296 g/mol. The number of nitrogens with two attached hydrogens (primary N) is 1. The molecule has 1 aromatic rings. The molecule has 1 aliphatic carbocycles. The third-order valence-electron chi connectivity index (χ3n) is 3.99. The summed E-state index contributed by atoms with van der Waals surface area (Å²) in [6.07, 6.45) is 5.26. The van der Waals surface area contributed by atoms with Gasteiger partial charge in [-0.2, -0.15) is 5.26 Å². The summed E-state index contributed by atoms with van der Waals surface area (Å²) in [5, 5.41) is 9.87. The normalized spacial score (nSPS) is 18.2. The van der Waals surface area contributed by atoms with Gasteiger partial charge in [0.1, 0.15) is 16.7 Å². The van der Waals surface area contributed by atoms with Crippen LogP contribution >= 0.6 is 11.3 Å². The number of hydrogen-bond donors (Lipinski definition) is 1. The van der Waals surface area contributed by atoms with Gasteiger partial charge in [0.2, 0.25) is 0 Å². The zero-order chi connectivity index (χ0) is 16.3. The Morgan fingerprint density at radius 2 is 2.09 bits per heavy atom. The van der Waals surface area contributed by atoms with E-state index in [2.05, 4.69) is 6.07 Å². The van der Waals surface area contributed by atoms with E-state index < -0.39 is 5.60 Å². The molecule has 0 saturated heterocycles. The van der Waals surface area contributed by atoms with Gasteiger partial charge in [-0.05, 0) is 64.4 Å². The number of rotatable bonds is 3. The van der Waals surface area contributed by atoms with E-state index >= 15 is 0 Å². The summed E-state index contributed by atoms with van der Waals surface area (Å²) in [5.74, 6) is 0.397. The Balaban J connectivity index is 1.89. The molecule has 1 atom stereocenters. The molecule has 0 fully saturated rings. The molecule has 4 nitrogen and oxygen atoms in total. The molecule has 22 heavy (non-hydrogen) atoms. The second-order valence-corrected chi connectivity index (χ2v) is 8.06. The van der Waals surface area contributed by atoms with E-state index in [1.165, 1.54) is 4.88 Å². The first-order valence-corrected chi connectivity index (χ1v) is 8.63. The lowest BCUT2D eigenvalue weighted by atomic mass is 9.94. The van der Waals surface area contributed by atoms with Crippen molar-refractivity contribution in [1.29, 1.82) is 5.26 Å². The second-order valence-electron chi connectivity index (χ2n) is 6.92. The predicted molar refractivity (Wildman–Crippen MR) is 88.7 cm³/mol. The molecule has 0 amide bonds. The van der Waals surface area contributed by atoms with Crippen LogP contribution in [0.15, 0.2) is 0 Å². The van der Waals surface area contributed by atoms with Crippen molar-refractivity contribution < 1.29 is 9.53 Å². The first-order valence-electron chi connectivity index (χ1n) is 7.82. The Bertz CT molecular complexity index is 593. The van der Waals surface area contributed by atoms with Crippen LogP contribution in [0.2, 0.25) is 0 Å². The van der Waals surface area contributed by atoms with Gasteiger partial charge in [-0.3, -0.25) is 4.79 Å². The predicted octanol–water partition coefficient (Wildman–Crippen LogP) is 3.82. The van der Waals surface area contributed by atoms with Gasteiger partial charge in [0, 0.05) is 11.3 Å². The van der Waals surface area contributed by atoms with Crippen molar-refractivity contribution in [3.63, 3.8) is 0 Å². The number of carbonyl (C=O) groups excluding carboxylic acids is 1. The molecule has 0 aliphatic heterocycles. The quantitative estimate of drug-likeness (QED) is 0.678. The zero-order valence-corrected chi connectivity index (χ0v) is 14.4. The molecular formula is C17H24N2O2S. The maximum absolute atomic E-state index is 11.8. The van der Waals surface area contributed by atoms with Crippen LogP contribution in [0.5, 0.6) is 0 Å². The summed E-state index contributed by atoms with van der Waals surface area (Å²) in [6, 6.07) is 2.23. The van der Waals surface area contributed by atoms with E-state index in [0.717, 1.165) is 37.7 Å². The number of nitrogens with zero attached hydrogens (tertiary/aromatic N) is 1. The van der Waals surface area contributed by atoms with Crippen LogP contribution in [0, 0.1) is 17.2 Å². The fourth-order valence-electron chi connectivity index (χ4n) is 2.95. The number of ether oxygens (including phenoxy) is 1. The van der Waals surface area contributed by atoms with Gasteiger partial charge in [0.05, 0.1) is 5.56 Å². The Kier molecular flexibility index (Phi) is 5.12. The first kappa shape index (κ1) is 16.8. The number of hydrogen-bond acceptors (Lipinski definition) is 5. The Morgan fingerprint density at radius 1 is 1.41 bits per heavy atom. The van der Waals surface area contributed by atoms with Crippen molar-refractivity contribution in [3.8, 4) is 6.07 Å². The molecule has 1 unspecified atom stereocenters. The minimum Gasteiger partial charge on any atom is -0.460 e. The maximum atomic E-state index is 11.8. The van der Waals surface area contributed by atoms with Gasteiger partial charge < -0.3 is 10.5 Å². The highest BCUT2D eigenvalue weighted by molar-refractivity contribution is 7.16. The third kappa shape index (κ3) is 4.23. The molecule has 2 rings (SSSR count). The average molecular weight is 320 g/mol. The summed E-state index contributed by atoms with van der Waals surface area (Å²) >= 11 is 1.55. The fourth-order valence-corrected chi connectivity index (χ4v) is 4.04.